The summed E-state index contributed by atoms with van der Waals surface area (Å²) in [7, 11) is 1.72. The lowest BCUT2D eigenvalue weighted by Crippen LogP contribution is -2.21. The molecule has 0 heterocycles. The minimum atomic E-state index is 0.205. The fourth-order valence-electron chi connectivity index (χ4n) is 2.12. The van der Waals surface area contributed by atoms with Gasteiger partial charge in [-0.05, 0) is 12.8 Å². The van der Waals surface area contributed by atoms with Crippen molar-refractivity contribution in [2.24, 2.45) is 5.92 Å². The number of ketones is 1. The molecule has 0 aromatic rings. The van der Waals surface area contributed by atoms with Crippen LogP contribution in [0.4, 0.5) is 0 Å². The Morgan fingerprint density at radius 1 is 1.46 bits per heavy atom. The second-order valence-electron chi connectivity index (χ2n) is 3.88. The predicted molar refractivity (Wildman–Crippen MR) is 52.7 cm³/mol. The number of hydrogen-bond acceptors (Lipinski definition) is 2. The molecule has 0 N–H and O–H groups in total. The molecule has 0 saturated heterocycles. The maximum atomic E-state index is 11.5. The van der Waals surface area contributed by atoms with Crippen molar-refractivity contribution in [3.8, 4) is 0 Å². The minimum absolute atomic E-state index is 0.205. The lowest BCUT2D eigenvalue weighted by Gasteiger charge is -2.16. The summed E-state index contributed by atoms with van der Waals surface area (Å²) in [5, 5.41) is 0. The van der Waals surface area contributed by atoms with Crippen LogP contribution in [0.2, 0.25) is 0 Å². The van der Waals surface area contributed by atoms with Crippen molar-refractivity contribution in [1.82, 2.24) is 0 Å². The largest absolute Gasteiger partial charge is 0.381 e. The Morgan fingerprint density at radius 3 is 2.85 bits per heavy atom. The summed E-state index contributed by atoms with van der Waals surface area (Å²) in [5.74, 6) is 0.625. The van der Waals surface area contributed by atoms with Crippen molar-refractivity contribution in [2.45, 2.75) is 51.6 Å². The van der Waals surface area contributed by atoms with Gasteiger partial charge in [-0.25, -0.2) is 0 Å². The molecule has 2 nitrogen and oxygen atoms in total. The molecular weight excluding hydrogens is 164 g/mol. The molecule has 13 heavy (non-hydrogen) atoms. The van der Waals surface area contributed by atoms with E-state index in [1.165, 1.54) is 19.3 Å². The van der Waals surface area contributed by atoms with Gasteiger partial charge in [0, 0.05) is 19.4 Å². The van der Waals surface area contributed by atoms with Crippen molar-refractivity contribution in [1.29, 1.82) is 0 Å². The summed E-state index contributed by atoms with van der Waals surface area (Å²) in [4.78, 5) is 11.5. The van der Waals surface area contributed by atoms with Gasteiger partial charge in [0.25, 0.3) is 0 Å². The lowest BCUT2D eigenvalue weighted by molar-refractivity contribution is -0.122. The van der Waals surface area contributed by atoms with E-state index in [2.05, 4.69) is 6.92 Å². The first-order chi connectivity index (χ1) is 6.29. The Hall–Kier alpha value is -0.370. The molecule has 76 valence electrons. The minimum Gasteiger partial charge on any atom is -0.381 e. The molecule has 1 fully saturated rings. The summed E-state index contributed by atoms with van der Waals surface area (Å²) in [6.45, 7) is 2.18. The summed E-state index contributed by atoms with van der Waals surface area (Å²) < 4.78 is 5.30. The monoisotopic (exact) mass is 184 g/mol. The molecule has 2 heteroatoms. The first kappa shape index (κ1) is 10.7. The third-order valence-corrected chi connectivity index (χ3v) is 2.96. The van der Waals surface area contributed by atoms with Crippen LogP contribution in [-0.2, 0) is 9.53 Å². The van der Waals surface area contributed by atoms with Crippen molar-refractivity contribution in [2.75, 3.05) is 7.11 Å². The number of Topliss-reactive ketones (excluding diaryl/α,β-unsaturated/α-hetero) is 1. The highest BCUT2D eigenvalue weighted by Gasteiger charge is 2.33. The first-order valence-corrected chi connectivity index (χ1v) is 5.35. The van der Waals surface area contributed by atoms with Gasteiger partial charge in [0.15, 0.2) is 0 Å². The van der Waals surface area contributed by atoms with Gasteiger partial charge in [-0.1, -0.05) is 26.2 Å². The van der Waals surface area contributed by atoms with Crippen LogP contribution in [0.15, 0.2) is 0 Å². The average Bonchev–Trinajstić information content (AvgIpc) is 2.48. The normalized spacial score (nSPS) is 28.3. The molecule has 0 amide bonds. The molecule has 0 bridgehead atoms. The van der Waals surface area contributed by atoms with E-state index in [9.17, 15) is 4.79 Å². The van der Waals surface area contributed by atoms with Crippen LogP contribution >= 0.6 is 0 Å². The van der Waals surface area contributed by atoms with Gasteiger partial charge in [-0.15, -0.1) is 0 Å². The van der Waals surface area contributed by atoms with E-state index in [1.807, 2.05) is 0 Å². The van der Waals surface area contributed by atoms with Crippen molar-refractivity contribution >= 4 is 5.78 Å². The Morgan fingerprint density at radius 2 is 2.23 bits per heavy atom. The van der Waals surface area contributed by atoms with Crippen LogP contribution in [0.1, 0.15) is 45.4 Å². The van der Waals surface area contributed by atoms with E-state index >= 15 is 0 Å². The number of hydrogen-bond donors (Lipinski definition) is 0. The summed E-state index contributed by atoms with van der Waals surface area (Å²) in [5.41, 5.74) is 0. The molecule has 0 spiro atoms. The molecule has 2 unspecified atom stereocenters. The van der Waals surface area contributed by atoms with Gasteiger partial charge in [0.05, 0.1) is 6.10 Å². The number of methoxy groups -OCH3 is 1. The highest BCUT2D eigenvalue weighted by molar-refractivity contribution is 5.83. The molecule has 0 radical (unpaired) electrons. The van der Waals surface area contributed by atoms with Crippen molar-refractivity contribution < 1.29 is 9.53 Å². The molecule has 0 aliphatic heterocycles. The third-order valence-electron chi connectivity index (χ3n) is 2.96. The fraction of sp³-hybridized carbons (Fsp3) is 0.909. The maximum absolute atomic E-state index is 11.5. The van der Waals surface area contributed by atoms with Crippen molar-refractivity contribution in [3.63, 3.8) is 0 Å². The third kappa shape index (κ3) is 2.80. The highest BCUT2D eigenvalue weighted by atomic mass is 16.5. The van der Waals surface area contributed by atoms with E-state index in [1.54, 1.807) is 7.11 Å². The van der Waals surface area contributed by atoms with E-state index in [0.29, 0.717) is 5.78 Å². The van der Waals surface area contributed by atoms with Gasteiger partial charge < -0.3 is 4.74 Å². The van der Waals surface area contributed by atoms with Gasteiger partial charge in [-0.3, -0.25) is 4.79 Å². The second-order valence-corrected chi connectivity index (χ2v) is 3.88. The summed E-state index contributed by atoms with van der Waals surface area (Å²) in [6.07, 6.45) is 6.54. The average molecular weight is 184 g/mol. The molecular formula is C11H20O2. The Balaban J connectivity index is 2.31. The topological polar surface area (TPSA) is 26.3 Å². The summed E-state index contributed by atoms with van der Waals surface area (Å²) in [6, 6.07) is 0. The van der Waals surface area contributed by atoms with Gasteiger partial charge in [0.1, 0.15) is 5.78 Å². The van der Waals surface area contributed by atoms with Crippen LogP contribution < -0.4 is 0 Å². The fourth-order valence-corrected chi connectivity index (χ4v) is 2.12. The van der Waals surface area contributed by atoms with Gasteiger partial charge in [0.2, 0.25) is 0 Å². The molecule has 2 atom stereocenters. The summed E-state index contributed by atoms with van der Waals surface area (Å²) >= 11 is 0. The van der Waals surface area contributed by atoms with E-state index in [-0.39, 0.29) is 12.0 Å². The Kier molecular flexibility index (Phi) is 4.43. The molecule has 1 saturated carbocycles. The smallest absolute Gasteiger partial charge is 0.138 e. The Bertz CT molecular complexity index is 165. The zero-order valence-corrected chi connectivity index (χ0v) is 8.71. The number of rotatable bonds is 5. The highest BCUT2D eigenvalue weighted by Crippen LogP contribution is 2.28. The number of unbranched alkanes of at least 4 members (excludes halogenated alkanes) is 2. The number of carbonyl (C=O) groups is 1. The number of carbonyl (C=O) groups excluding carboxylic acids is 1. The van der Waals surface area contributed by atoms with Crippen LogP contribution in [0.25, 0.3) is 0 Å². The van der Waals surface area contributed by atoms with E-state index < -0.39 is 0 Å². The zero-order valence-electron chi connectivity index (χ0n) is 8.71. The van der Waals surface area contributed by atoms with Gasteiger partial charge >= 0.3 is 0 Å². The van der Waals surface area contributed by atoms with Crippen molar-refractivity contribution in [3.05, 3.63) is 0 Å². The van der Waals surface area contributed by atoms with E-state index in [0.717, 1.165) is 19.3 Å². The molecule has 1 aliphatic rings. The van der Waals surface area contributed by atoms with Gasteiger partial charge in [-0.2, -0.15) is 0 Å². The second kappa shape index (κ2) is 5.38. The molecule has 1 rings (SSSR count). The predicted octanol–water partition coefficient (Wildman–Crippen LogP) is 2.56. The number of ether oxygens (including phenoxy) is 1. The Labute approximate surface area is 80.7 Å². The maximum Gasteiger partial charge on any atom is 0.138 e. The SMILES string of the molecule is CCCCCC1C(=O)CCC1OC. The van der Waals surface area contributed by atoms with E-state index in [4.69, 9.17) is 4.74 Å². The molecule has 1 aliphatic carbocycles. The zero-order chi connectivity index (χ0) is 9.68. The molecule has 0 aromatic carbocycles. The van der Waals surface area contributed by atoms with Crippen LogP contribution in [-0.4, -0.2) is 19.0 Å². The van der Waals surface area contributed by atoms with Crippen LogP contribution in [0.5, 0.6) is 0 Å². The van der Waals surface area contributed by atoms with Crippen LogP contribution in [0, 0.1) is 5.92 Å². The van der Waals surface area contributed by atoms with Crippen LogP contribution in [0.3, 0.4) is 0 Å². The lowest BCUT2D eigenvalue weighted by atomic mass is 9.97. The quantitative estimate of drug-likeness (QED) is 0.614. The first-order valence-electron chi connectivity index (χ1n) is 5.35. The standard InChI is InChI=1S/C11H20O2/c1-3-4-5-6-9-10(12)7-8-11(9)13-2/h9,11H,3-8H2,1-2H3. The molecule has 0 aromatic heterocycles.